The second kappa shape index (κ2) is 7.09. The maximum absolute atomic E-state index is 13.1. The molecule has 2 unspecified atom stereocenters. The summed E-state index contributed by atoms with van der Waals surface area (Å²) in [5.41, 5.74) is 1.87. The first-order valence-electron chi connectivity index (χ1n) is 8.02. The Kier molecular flexibility index (Phi) is 5.18. The molecule has 3 rings (SSSR count). The summed E-state index contributed by atoms with van der Waals surface area (Å²) in [5.74, 6) is -0.912. The SMILES string of the molecule is O=C(OCC(F)(F)S(=O)(=O)[O-])C1CCc2cc(OCC3CO3)ccc2C1. The van der Waals surface area contributed by atoms with Gasteiger partial charge in [-0.2, -0.15) is 8.78 Å². The van der Waals surface area contributed by atoms with Crippen molar-refractivity contribution in [2.45, 2.75) is 30.6 Å². The van der Waals surface area contributed by atoms with Gasteiger partial charge in [0.25, 0.3) is 0 Å². The van der Waals surface area contributed by atoms with Crippen LogP contribution in [0.2, 0.25) is 0 Å². The fraction of sp³-hybridized carbons (Fsp3) is 0.562. The zero-order valence-corrected chi connectivity index (χ0v) is 14.5. The summed E-state index contributed by atoms with van der Waals surface area (Å²) < 4.78 is 72.4. The van der Waals surface area contributed by atoms with Gasteiger partial charge in [-0.1, -0.05) is 6.07 Å². The second-order valence-electron chi connectivity index (χ2n) is 6.34. The Morgan fingerprint density at radius 2 is 2.08 bits per heavy atom. The fourth-order valence-electron chi connectivity index (χ4n) is 2.72. The van der Waals surface area contributed by atoms with E-state index in [1.54, 1.807) is 12.1 Å². The molecule has 144 valence electrons. The molecule has 1 saturated heterocycles. The monoisotopic (exact) mass is 391 g/mol. The van der Waals surface area contributed by atoms with Crippen molar-refractivity contribution >= 4 is 16.1 Å². The van der Waals surface area contributed by atoms with Gasteiger partial charge in [-0.3, -0.25) is 4.79 Å². The van der Waals surface area contributed by atoms with E-state index in [1.807, 2.05) is 6.07 Å². The molecule has 1 aromatic carbocycles. The van der Waals surface area contributed by atoms with Crippen LogP contribution in [0, 0.1) is 5.92 Å². The van der Waals surface area contributed by atoms with Gasteiger partial charge in [-0.05, 0) is 42.5 Å². The molecule has 0 N–H and O–H groups in total. The molecule has 0 amide bonds. The molecule has 26 heavy (non-hydrogen) atoms. The molecular formula is C16H17F2O7S-. The summed E-state index contributed by atoms with van der Waals surface area (Å²) in [7, 11) is -5.87. The lowest BCUT2D eigenvalue weighted by molar-refractivity contribution is -0.155. The third-order valence-electron chi connectivity index (χ3n) is 4.33. The van der Waals surface area contributed by atoms with Gasteiger partial charge in [0, 0.05) is 0 Å². The van der Waals surface area contributed by atoms with Crippen molar-refractivity contribution in [1.82, 2.24) is 0 Å². The number of carbonyl (C=O) groups is 1. The van der Waals surface area contributed by atoms with E-state index in [4.69, 9.17) is 9.47 Å². The number of alkyl halides is 2. The lowest BCUT2D eigenvalue weighted by atomic mass is 9.84. The predicted octanol–water partition coefficient (Wildman–Crippen LogP) is 1.25. The lowest BCUT2D eigenvalue weighted by Crippen LogP contribution is -2.36. The highest BCUT2D eigenvalue weighted by atomic mass is 32.2. The quantitative estimate of drug-likeness (QED) is 0.391. The number of esters is 1. The smallest absolute Gasteiger partial charge is 0.367 e. The minimum atomic E-state index is -5.87. The summed E-state index contributed by atoms with van der Waals surface area (Å²) in [5, 5.41) is -4.63. The summed E-state index contributed by atoms with van der Waals surface area (Å²) in [6.45, 7) is -0.594. The summed E-state index contributed by atoms with van der Waals surface area (Å²) in [6, 6.07) is 5.43. The Labute approximate surface area is 149 Å². The number of aryl methyl sites for hydroxylation is 1. The molecule has 2 atom stereocenters. The topological polar surface area (TPSA) is 105 Å². The number of halogens is 2. The van der Waals surface area contributed by atoms with Crippen LogP contribution in [0.5, 0.6) is 5.75 Å². The summed E-state index contributed by atoms with van der Waals surface area (Å²) in [6.07, 6.45) is 1.33. The van der Waals surface area contributed by atoms with Crippen molar-refractivity contribution in [2.75, 3.05) is 19.8 Å². The molecule has 1 aliphatic carbocycles. The largest absolute Gasteiger partial charge is 0.743 e. The number of hydrogen-bond acceptors (Lipinski definition) is 7. The van der Waals surface area contributed by atoms with Gasteiger partial charge in [0.15, 0.2) is 16.7 Å². The van der Waals surface area contributed by atoms with E-state index >= 15 is 0 Å². The number of ether oxygens (including phenoxy) is 3. The number of rotatable bonds is 7. The first kappa shape index (κ1) is 19.0. The van der Waals surface area contributed by atoms with Crippen LogP contribution >= 0.6 is 0 Å². The van der Waals surface area contributed by atoms with Crippen LogP contribution in [-0.2, 0) is 37.2 Å². The molecule has 0 aromatic heterocycles. The third-order valence-corrected chi connectivity index (χ3v) is 5.18. The number of epoxide rings is 1. The minimum absolute atomic E-state index is 0.140. The predicted molar refractivity (Wildman–Crippen MR) is 82.8 cm³/mol. The van der Waals surface area contributed by atoms with Crippen molar-refractivity contribution in [3.05, 3.63) is 29.3 Å². The Balaban J connectivity index is 1.56. The van der Waals surface area contributed by atoms with Crippen molar-refractivity contribution in [3.63, 3.8) is 0 Å². The molecule has 2 aliphatic rings. The van der Waals surface area contributed by atoms with Crippen LogP contribution in [0.3, 0.4) is 0 Å². The highest BCUT2D eigenvalue weighted by molar-refractivity contribution is 7.86. The van der Waals surface area contributed by atoms with Crippen molar-refractivity contribution in [1.29, 1.82) is 0 Å². The van der Waals surface area contributed by atoms with Gasteiger partial charge in [0.1, 0.15) is 18.5 Å². The Morgan fingerprint density at radius 3 is 2.73 bits per heavy atom. The average Bonchev–Trinajstić information content (AvgIpc) is 3.40. The molecule has 1 heterocycles. The van der Waals surface area contributed by atoms with E-state index in [0.717, 1.165) is 11.1 Å². The second-order valence-corrected chi connectivity index (χ2v) is 7.84. The van der Waals surface area contributed by atoms with Crippen molar-refractivity contribution in [2.24, 2.45) is 5.92 Å². The molecule has 10 heteroatoms. The standard InChI is InChI=1S/C16H18F2O7S/c17-16(18,26(20,21)22)9-25-15(19)12-2-1-11-6-13(4-3-10(11)5-12)23-7-14-8-24-14/h3-4,6,12,14H,1-2,5,7-9H2,(H,20,21,22)/p-1. The van der Waals surface area contributed by atoms with Crippen LogP contribution in [0.25, 0.3) is 0 Å². The van der Waals surface area contributed by atoms with Crippen molar-refractivity contribution < 1.29 is 40.8 Å². The van der Waals surface area contributed by atoms with Crippen LogP contribution in [0.1, 0.15) is 17.5 Å². The van der Waals surface area contributed by atoms with E-state index < -0.39 is 33.9 Å². The maximum Gasteiger partial charge on any atom is 0.367 e. The Hall–Kier alpha value is -1.78. The highest BCUT2D eigenvalue weighted by Crippen LogP contribution is 2.30. The van der Waals surface area contributed by atoms with E-state index in [2.05, 4.69) is 4.74 Å². The normalized spacial score (nSPS) is 22.4. The van der Waals surface area contributed by atoms with Gasteiger partial charge in [-0.15, -0.1) is 0 Å². The van der Waals surface area contributed by atoms with E-state index in [9.17, 15) is 26.5 Å². The van der Waals surface area contributed by atoms with Gasteiger partial charge < -0.3 is 18.8 Å². The van der Waals surface area contributed by atoms with Crippen LogP contribution < -0.4 is 4.74 Å². The molecule has 0 spiro atoms. The van der Waals surface area contributed by atoms with Crippen LogP contribution in [0.15, 0.2) is 18.2 Å². The third kappa shape index (κ3) is 4.49. The Morgan fingerprint density at radius 1 is 1.35 bits per heavy atom. The lowest BCUT2D eigenvalue weighted by Gasteiger charge is -2.25. The molecular weight excluding hydrogens is 374 g/mol. The zero-order valence-electron chi connectivity index (χ0n) is 13.7. The van der Waals surface area contributed by atoms with Crippen molar-refractivity contribution in [3.8, 4) is 5.75 Å². The summed E-state index contributed by atoms with van der Waals surface area (Å²) in [4.78, 5) is 11.9. The molecule has 0 bridgehead atoms. The molecule has 1 aromatic rings. The summed E-state index contributed by atoms with van der Waals surface area (Å²) >= 11 is 0. The molecule has 0 saturated carbocycles. The first-order valence-corrected chi connectivity index (χ1v) is 9.42. The number of hydrogen-bond donors (Lipinski definition) is 0. The first-order chi connectivity index (χ1) is 12.2. The maximum atomic E-state index is 13.1. The van der Waals surface area contributed by atoms with Crippen LogP contribution in [0.4, 0.5) is 8.78 Å². The average molecular weight is 391 g/mol. The van der Waals surface area contributed by atoms with Gasteiger partial charge >= 0.3 is 11.2 Å². The van der Waals surface area contributed by atoms with Gasteiger partial charge in [0.2, 0.25) is 0 Å². The van der Waals surface area contributed by atoms with E-state index in [0.29, 0.717) is 31.8 Å². The van der Waals surface area contributed by atoms with Crippen LogP contribution in [-0.4, -0.2) is 50.1 Å². The molecule has 1 fully saturated rings. The van der Waals surface area contributed by atoms with Gasteiger partial charge in [0.05, 0.1) is 12.5 Å². The number of fused-ring (bicyclic) bond motifs is 1. The molecule has 0 radical (unpaired) electrons. The Bertz CT molecular complexity index is 790. The molecule has 7 nitrogen and oxygen atoms in total. The minimum Gasteiger partial charge on any atom is -0.743 e. The van der Waals surface area contributed by atoms with Gasteiger partial charge in [-0.25, -0.2) is 8.42 Å². The number of benzene rings is 1. The highest BCUT2D eigenvalue weighted by Gasteiger charge is 2.40. The van der Waals surface area contributed by atoms with E-state index in [-0.39, 0.29) is 12.5 Å². The zero-order chi connectivity index (χ0) is 18.9. The molecule has 1 aliphatic heterocycles. The fourth-order valence-corrected chi connectivity index (χ4v) is 2.92. The number of carbonyl (C=O) groups excluding carboxylic acids is 1. The van der Waals surface area contributed by atoms with E-state index in [1.165, 1.54) is 0 Å².